The maximum Gasteiger partial charge on any atom is 0.137 e. The molecule has 0 aromatic carbocycles. The molecular formula is C11H18N2O. The van der Waals surface area contributed by atoms with Gasteiger partial charge < -0.3 is 10.1 Å². The number of hydrogen-bond acceptors (Lipinski definition) is 3. The van der Waals surface area contributed by atoms with E-state index in [2.05, 4.69) is 31.1 Å². The minimum absolute atomic E-state index is 0.127. The Labute approximate surface area is 85.5 Å². The maximum atomic E-state index is 5.03. The molecule has 0 radical (unpaired) electrons. The maximum absolute atomic E-state index is 5.03. The van der Waals surface area contributed by atoms with Crippen molar-refractivity contribution in [2.75, 3.05) is 7.11 Å². The molecule has 78 valence electrons. The Balaban J connectivity index is 2.52. The predicted octanol–water partition coefficient (Wildman–Crippen LogP) is 1.98. The van der Waals surface area contributed by atoms with Crippen LogP contribution in [0.2, 0.25) is 0 Å². The van der Waals surface area contributed by atoms with Crippen molar-refractivity contribution in [2.24, 2.45) is 0 Å². The van der Waals surface area contributed by atoms with Gasteiger partial charge in [0.1, 0.15) is 5.75 Å². The van der Waals surface area contributed by atoms with Crippen LogP contribution in [-0.2, 0) is 6.54 Å². The van der Waals surface area contributed by atoms with Crippen LogP contribution in [-0.4, -0.2) is 17.6 Å². The average molecular weight is 194 g/mol. The van der Waals surface area contributed by atoms with E-state index in [1.54, 1.807) is 13.3 Å². The molecule has 1 aromatic rings. The summed E-state index contributed by atoms with van der Waals surface area (Å²) in [5, 5.41) is 3.37. The van der Waals surface area contributed by atoms with Crippen molar-refractivity contribution in [1.82, 2.24) is 10.3 Å². The minimum Gasteiger partial charge on any atom is -0.495 e. The minimum atomic E-state index is 0.127. The average Bonchev–Trinajstić information content (AvgIpc) is 2.14. The first kappa shape index (κ1) is 11.0. The Kier molecular flexibility index (Phi) is 3.47. The van der Waals surface area contributed by atoms with Crippen LogP contribution in [0.4, 0.5) is 0 Å². The van der Waals surface area contributed by atoms with E-state index in [1.807, 2.05) is 12.1 Å². The van der Waals surface area contributed by atoms with Crippen LogP contribution in [0.5, 0.6) is 5.75 Å². The first-order chi connectivity index (χ1) is 6.51. The summed E-state index contributed by atoms with van der Waals surface area (Å²) < 4.78 is 5.03. The zero-order valence-corrected chi connectivity index (χ0v) is 9.29. The van der Waals surface area contributed by atoms with Gasteiger partial charge in [-0.25, -0.2) is 0 Å². The summed E-state index contributed by atoms with van der Waals surface area (Å²) in [5.74, 6) is 0.796. The summed E-state index contributed by atoms with van der Waals surface area (Å²) in [6, 6.07) is 3.89. The first-order valence-electron chi connectivity index (χ1n) is 4.75. The number of methoxy groups -OCH3 is 1. The van der Waals surface area contributed by atoms with Gasteiger partial charge in [0, 0.05) is 12.1 Å². The third-order valence-electron chi connectivity index (χ3n) is 1.83. The Morgan fingerprint density at radius 3 is 2.50 bits per heavy atom. The van der Waals surface area contributed by atoms with Crippen molar-refractivity contribution in [3.05, 3.63) is 24.0 Å². The molecule has 0 aliphatic carbocycles. The number of nitrogens with one attached hydrogen (secondary N) is 1. The third kappa shape index (κ3) is 3.75. The number of nitrogens with zero attached hydrogens (tertiary/aromatic N) is 1. The monoisotopic (exact) mass is 194 g/mol. The molecule has 0 amide bonds. The van der Waals surface area contributed by atoms with Crippen LogP contribution >= 0.6 is 0 Å². The summed E-state index contributed by atoms with van der Waals surface area (Å²) in [4.78, 5) is 4.27. The normalized spacial score (nSPS) is 11.4. The van der Waals surface area contributed by atoms with Gasteiger partial charge in [-0.1, -0.05) is 0 Å². The Morgan fingerprint density at radius 2 is 2.07 bits per heavy atom. The Bertz CT molecular complexity index is 274. The van der Waals surface area contributed by atoms with Gasteiger partial charge >= 0.3 is 0 Å². The molecule has 1 heterocycles. The topological polar surface area (TPSA) is 34.1 Å². The molecule has 0 bridgehead atoms. The molecule has 0 saturated heterocycles. The van der Waals surface area contributed by atoms with Gasteiger partial charge in [0.25, 0.3) is 0 Å². The van der Waals surface area contributed by atoms with E-state index >= 15 is 0 Å². The summed E-state index contributed by atoms with van der Waals surface area (Å²) in [6.45, 7) is 7.19. The zero-order valence-electron chi connectivity index (χ0n) is 9.29. The molecule has 0 atom stereocenters. The van der Waals surface area contributed by atoms with Gasteiger partial charge in [-0.3, -0.25) is 4.98 Å². The fraction of sp³-hybridized carbons (Fsp3) is 0.545. The van der Waals surface area contributed by atoms with E-state index in [9.17, 15) is 0 Å². The van der Waals surface area contributed by atoms with E-state index in [0.717, 1.165) is 18.0 Å². The number of aromatic nitrogens is 1. The van der Waals surface area contributed by atoms with Crippen molar-refractivity contribution >= 4 is 0 Å². The largest absolute Gasteiger partial charge is 0.495 e. The fourth-order valence-electron chi connectivity index (χ4n) is 0.992. The lowest BCUT2D eigenvalue weighted by Gasteiger charge is -2.20. The number of pyridine rings is 1. The molecule has 1 aromatic heterocycles. The van der Waals surface area contributed by atoms with E-state index in [4.69, 9.17) is 4.74 Å². The lowest BCUT2D eigenvalue weighted by Crippen LogP contribution is -2.35. The van der Waals surface area contributed by atoms with Crippen molar-refractivity contribution in [3.8, 4) is 5.75 Å². The molecule has 3 heteroatoms. The van der Waals surface area contributed by atoms with Crippen LogP contribution in [0.3, 0.4) is 0 Å². The van der Waals surface area contributed by atoms with Crippen molar-refractivity contribution in [2.45, 2.75) is 32.9 Å². The highest BCUT2D eigenvalue weighted by Gasteiger charge is 2.08. The third-order valence-corrected chi connectivity index (χ3v) is 1.83. The summed E-state index contributed by atoms with van der Waals surface area (Å²) in [7, 11) is 1.64. The van der Waals surface area contributed by atoms with Crippen LogP contribution in [0.1, 0.15) is 26.5 Å². The molecule has 0 aliphatic rings. The SMILES string of the molecule is COc1ccc(CNC(C)(C)C)nc1. The van der Waals surface area contributed by atoms with E-state index in [-0.39, 0.29) is 5.54 Å². The molecule has 0 spiro atoms. The molecule has 0 saturated carbocycles. The highest BCUT2D eigenvalue weighted by Crippen LogP contribution is 2.08. The standard InChI is InChI=1S/C11H18N2O/c1-11(2,3)13-7-9-5-6-10(14-4)8-12-9/h5-6,8,13H,7H2,1-4H3. The Hall–Kier alpha value is -1.09. The summed E-state index contributed by atoms with van der Waals surface area (Å²) in [5.41, 5.74) is 1.16. The summed E-state index contributed by atoms with van der Waals surface area (Å²) >= 11 is 0. The lowest BCUT2D eigenvalue weighted by atomic mass is 10.1. The highest BCUT2D eigenvalue weighted by atomic mass is 16.5. The number of ether oxygens (including phenoxy) is 1. The van der Waals surface area contributed by atoms with Gasteiger partial charge in [0.15, 0.2) is 0 Å². The summed E-state index contributed by atoms with van der Waals surface area (Å²) in [6.07, 6.45) is 1.74. The number of rotatable bonds is 3. The molecule has 0 fully saturated rings. The van der Waals surface area contributed by atoms with E-state index < -0.39 is 0 Å². The van der Waals surface area contributed by atoms with E-state index in [0.29, 0.717) is 0 Å². The smallest absolute Gasteiger partial charge is 0.137 e. The molecule has 14 heavy (non-hydrogen) atoms. The molecule has 0 aliphatic heterocycles. The van der Waals surface area contributed by atoms with Crippen molar-refractivity contribution in [3.63, 3.8) is 0 Å². The van der Waals surface area contributed by atoms with Crippen molar-refractivity contribution < 1.29 is 4.74 Å². The van der Waals surface area contributed by atoms with Gasteiger partial charge in [-0.05, 0) is 32.9 Å². The molecule has 1 N–H and O–H groups in total. The first-order valence-corrected chi connectivity index (χ1v) is 4.75. The molecule has 3 nitrogen and oxygen atoms in total. The van der Waals surface area contributed by atoms with Crippen LogP contribution in [0.15, 0.2) is 18.3 Å². The number of hydrogen-bond donors (Lipinski definition) is 1. The quantitative estimate of drug-likeness (QED) is 0.799. The van der Waals surface area contributed by atoms with Crippen LogP contribution in [0, 0.1) is 0 Å². The second-order valence-corrected chi connectivity index (χ2v) is 4.29. The second-order valence-electron chi connectivity index (χ2n) is 4.29. The van der Waals surface area contributed by atoms with Gasteiger partial charge in [0.2, 0.25) is 0 Å². The predicted molar refractivity (Wildman–Crippen MR) is 57.4 cm³/mol. The molecular weight excluding hydrogens is 176 g/mol. The van der Waals surface area contributed by atoms with Crippen LogP contribution in [0.25, 0.3) is 0 Å². The zero-order chi connectivity index (χ0) is 10.6. The highest BCUT2D eigenvalue weighted by molar-refractivity contribution is 5.19. The van der Waals surface area contributed by atoms with Crippen molar-refractivity contribution in [1.29, 1.82) is 0 Å². The molecule has 0 unspecified atom stereocenters. The molecule has 1 rings (SSSR count). The second kappa shape index (κ2) is 4.42. The Morgan fingerprint density at radius 1 is 1.36 bits per heavy atom. The van der Waals surface area contributed by atoms with Gasteiger partial charge in [0.05, 0.1) is 19.0 Å². The van der Waals surface area contributed by atoms with Crippen LogP contribution < -0.4 is 10.1 Å². The fourth-order valence-corrected chi connectivity index (χ4v) is 0.992. The van der Waals surface area contributed by atoms with E-state index in [1.165, 1.54) is 0 Å². The van der Waals surface area contributed by atoms with Gasteiger partial charge in [-0.15, -0.1) is 0 Å². The lowest BCUT2D eigenvalue weighted by molar-refractivity contribution is 0.409. The van der Waals surface area contributed by atoms with Gasteiger partial charge in [-0.2, -0.15) is 0 Å².